The molecule has 0 saturated carbocycles. The van der Waals surface area contributed by atoms with Crippen LogP contribution in [0.5, 0.6) is 0 Å². The van der Waals surface area contributed by atoms with E-state index >= 15 is 0 Å². The first-order chi connectivity index (χ1) is 17.6. The second-order valence-corrected chi connectivity index (χ2v) is 13.9. The van der Waals surface area contributed by atoms with Gasteiger partial charge in [-0.2, -0.15) is 9.40 Å². The molecule has 37 heavy (non-hydrogen) atoms. The molecule has 0 atom stereocenters. The highest BCUT2D eigenvalue weighted by atomic mass is 35.5. The van der Waals surface area contributed by atoms with Crippen LogP contribution in [0.3, 0.4) is 0 Å². The van der Waals surface area contributed by atoms with Crippen LogP contribution in [-0.4, -0.2) is 53.0 Å². The van der Waals surface area contributed by atoms with Crippen LogP contribution in [0.4, 0.5) is 5.13 Å². The van der Waals surface area contributed by atoms with Gasteiger partial charge in [0.1, 0.15) is 4.21 Å². The number of carbonyl (C=O) groups is 1. The number of aromatic nitrogens is 3. The van der Waals surface area contributed by atoms with Crippen molar-refractivity contribution in [1.82, 2.24) is 19.1 Å². The molecule has 4 aromatic rings. The lowest BCUT2D eigenvalue weighted by molar-refractivity contribution is -0.123. The van der Waals surface area contributed by atoms with Crippen LogP contribution in [0, 0.1) is 26.7 Å². The van der Waals surface area contributed by atoms with Crippen LogP contribution in [0.2, 0.25) is 5.02 Å². The van der Waals surface area contributed by atoms with Crippen LogP contribution >= 0.6 is 34.3 Å². The number of aryl methyl sites for hydroxylation is 3. The minimum atomic E-state index is -3.52. The highest BCUT2D eigenvalue weighted by molar-refractivity contribution is 7.91. The molecule has 1 saturated heterocycles. The number of rotatable bonds is 7. The van der Waals surface area contributed by atoms with E-state index in [0.717, 1.165) is 27.2 Å². The van der Waals surface area contributed by atoms with Gasteiger partial charge in [0.15, 0.2) is 5.13 Å². The van der Waals surface area contributed by atoms with Crippen molar-refractivity contribution in [3.63, 3.8) is 0 Å². The van der Waals surface area contributed by atoms with Crippen LogP contribution in [0.25, 0.3) is 10.2 Å². The molecular weight excluding hydrogens is 550 g/mol. The molecule has 12 heteroatoms. The van der Waals surface area contributed by atoms with Gasteiger partial charge < -0.3 is 0 Å². The van der Waals surface area contributed by atoms with E-state index < -0.39 is 10.0 Å². The third-order valence-electron chi connectivity index (χ3n) is 6.67. The maximum Gasteiger partial charge on any atom is 0.252 e. The van der Waals surface area contributed by atoms with Gasteiger partial charge >= 0.3 is 0 Å². The molecule has 0 unspecified atom stereocenters. The van der Waals surface area contributed by atoms with Gasteiger partial charge in [0.05, 0.1) is 22.5 Å². The number of hydrogen-bond acceptors (Lipinski definition) is 7. The van der Waals surface area contributed by atoms with E-state index in [9.17, 15) is 13.2 Å². The zero-order valence-corrected chi connectivity index (χ0v) is 24.1. The van der Waals surface area contributed by atoms with Gasteiger partial charge in [-0.1, -0.05) is 29.0 Å². The fourth-order valence-electron chi connectivity index (χ4n) is 4.76. The highest BCUT2D eigenvalue weighted by Crippen LogP contribution is 2.35. The number of hydrogen-bond donors (Lipinski definition) is 0. The van der Waals surface area contributed by atoms with Crippen molar-refractivity contribution in [2.45, 2.75) is 44.4 Å². The van der Waals surface area contributed by atoms with Crippen molar-refractivity contribution in [3.8, 4) is 0 Å². The van der Waals surface area contributed by atoms with Crippen LogP contribution in [0.1, 0.15) is 29.8 Å². The number of fused-ring (bicyclic) bond motifs is 1. The molecule has 1 aliphatic heterocycles. The van der Waals surface area contributed by atoms with Gasteiger partial charge in [-0.15, -0.1) is 11.3 Å². The van der Waals surface area contributed by atoms with Crippen LogP contribution < -0.4 is 4.90 Å². The molecule has 0 spiro atoms. The maximum absolute atomic E-state index is 13.9. The fraction of sp³-hybridized carbons (Fsp3) is 0.400. The summed E-state index contributed by atoms with van der Waals surface area (Å²) in [5.41, 5.74) is 3.76. The number of benzene rings is 1. The highest BCUT2D eigenvalue weighted by Gasteiger charge is 2.35. The Hall–Kier alpha value is -2.31. The van der Waals surface area contributed by atoms with Crippen molar-refractivity contribution >= 4 is 65.6 Å². The quantitative estimate of drug-likeness (QED) is 0.299. The number of thiazole rings is 1. The number of nitrogens with zero attached hydrogens (tertiary/aromatic N) is 5. The predicted octanol–water partition coefficient (Wildman–Crippen LogP) is 5.27. The van der Waals surface area contributed by atoms with Gasteiger partial charge in [-0.25, -0.2) is 13.4 Å². The molecule has 0 aliphatic carbocycles. The summed E-state index contributed by atoms with van der Waals surface area (Å²) in [6.07, 6.45) is 0.936. The second kappa shape index (κ2) is 10.5. The molecule has 3 aromatic heterocycles. The molecular formula is C25H28ClN5O3S3. The Balaban J connectivity index is 1.39. The Morgan fingerprint density at radius 1 is 1.19 bits per heavy atom. The molecule has 0 radical (unpaired) electrons. The molecule has 4 heterocycles. The maximum atomic E-state index is 13.9. The Morgan fingerprint density at radius 2 is 1.95 bits per heavy atom. The van der Waals surface area contributed by atoms with Crippen LogP contribution in [0.15, 0.2) is 39.9 Å². The summed E-state index contributed by atoms with van der Waals surface area (Å²) in [7, 11) is -3.52. The number of anilines is 1. The standard InChI is InChI=1S/C25H28ClN5O3S3/c1-16-13-20(26)15-21-23(16)27-25(36-21)30(10-11-31-18(3)14-17(2)28-31)24(32)19-6-8-29(9-7-19)37(33,34)22-5-4-12-35-22/h4-5,12-15,19H,6-11H2,1-3H3. The van der Waals surface area contributed by atoms with E-state index in [1.54, 1.807) is 22.4 Å². The van der Waals surface area contributed by atoms with E-state index in [4.69, 9.17) is 16.6 Å². The van der Waals surface area contributed by atoms with E-state index in [0.29, 0.717) is 53.4 Å². The molecule has 1 aromatic carbocycles. The number of piperidine rings is 1. The first kappa shape index (κ1) is 26.3. The van der Waals surface area contributed by atoms with Crippen molar-refractivity contribution < 1.29 is 13.2 Å². The molecule has 1 amide bonds. The van der Waals surface area contributed by atoms with E-state index in [2.05, 4.69) is 5.10 Å². The Kier molecular flexibility index (Phi) is 7.43. The molecule has 1 aliphatic rings. The number of carbonyl (C=O) groups excluding carboxylic acids is 1. The van der Waals surface area contributed by atoms with Crippen molar-refractivity contribution in [2.75, 3.05) is 24.5 Å². The summed E-state index contributed by atoms with van der Waals surface area (Å²) in [5.74, 6) is -0.315. The normalized spacial score (nSPS) is 15.5. The monoisotopic (exact) mass is 577 g/mol. The zero-order chi connectivity index (χ0) is 26.3. The Morgan fingerprint density at radius 3 is 2.59 bits per heavy atom. The molecule has 8 nitrogen and oxygen atoms in total. The lowest BCUT2D eigenvalue weighted by Crippen LogP contribution is -2.45. The topological polar surface area (TPSA) is 88.4 Å². The molecule has 0 N–H and O–H groups in total. The van der Waals surface area contributed by atoms with Gasteiger partial charge in [0.2, 0.25) is 5.91 Å². The zero-order valence-electron chi connectivity index (χ0n) is 20.8. The molecule has 196 valence electrons. The smallest absolute Gasteiger partial charge is 0.252 e. The predicted molar refractivity (Wildman–Crippen MR) is 149 cm³/mol. The first-order valence-corrected chi connectivity index (χ1v) is 15.6. The third-order valence-corrected chi connectivity index (χ3v) is 11.2. The summed E-state index contributed by atoms with van der Waals surface area (Å²) in [4.78, 5) is 20.5. The number of halogens is 1. The third kappa shape index (κ3) is 5.33. The Bertz CT molecular complexity index is 1540. The average Bonchev–Trinajstić information content (AvgIpc) is 3.60. The minimum Gasteiger partial charge on any atom is -0.286 e. The van der Waals surface area contributed by atoms with Gasteiger partial charge in [-0.05, 0) is 68.8 Å². The molecule has 5 rings (SSSR count). The summed E-state index contributed by atoms with van der Waals surface area (Å²) in [6, 6.07) is 9.13. The number of sulfonamides is 1. The molecule has 1 fully saturated rings. The lowest BCUT2D eigenvalue weighted by atomic mass is 9.96. The summed E-state index contributed by atoms with van der Waals surface area (Å²) in [5, 5.41) is 7.57. The van der Waals surface area contributed by atoms with Crippen molar-refractivity contribution in [1.29, 1.82) is 0 Å². The van der Waals surface area contributed by atoms with Gasteiger partial charge in [0, 0.05) is 36.3 Å². The van der Waals surface area contributed by atoms with Crippen LogP contribution in [-0.2, 0) is 21.4 Å². The largest absolute Gasteiger partial charge is 0.286 e. The molecule has 0 bridgehead atoms. The number of thiophene rings is 1. The van der Waals surface area contributed by atoms with Gasteiger partial charge in [0.25, 0.3) is 10.0 Å². The average molecular weight is 578 g/mol. The first-order valence-electron chi connectivity index (χ1n) is 12.1. The van der Waals surface area contributed by atoms with Gasteiger partial charge in [-0.3, -0.25) is 14.4 Å². The minimum absolute atomic E-state index is 0.0301. The summed E-state index contributed by atoms with van der Waals surface area (Å²) < 4.78 is 30.6. The lowest BCUT2D eigenvalue weighted by Gasteiger charge is -2.32. The van der Waals surface area contributed by atoms with E-state index in [1.807, 2.05) is 43.7 Å². The van der Waals surface area contributed by atoms with E-state index in [-0.39, 0.29) is 11.8 Å². The number of amides is 1. The SMILES string of the molecule is Cc1cc(C)n(CCN(C(=O)C2CCN(S(=O)(=O)c3cccs3)CC2)c2nc3c(C)cc(Cl)cc3s2)n1. The fourth-order valence-corrected chi connectivity index (χ4v) is 8.82. The van der Waals surface area contributed by atoms with E-state index in [1.165, 1.54) is 27.0 Å². The summed E-state index contributed by atoms with van der Waals surface area (Å²) >= 11 is 8.94. The Labute approximate surface area is 229 Å². The summed E-state index contributed by atoms with van der Waals surface area (Å²) in [6.45, 7) is 7.49. The van der Waals surface area contributed by atoms with Crippen molar-refractivity contribution in [2.24, 2.45) is 5.92 Å². The second-order valence-electron chi connectivity index (χ2n) is 9.32. The van der Waals surface area contributed by atoms with Crippen molar-refractivity contribution in [3.05, 3.63) is 57.7 Å².